The number of hydrogen-bond donors (Lipinski definition) is 1. The highest BCUT2D eigenvalue weighted by molar-refractivity contribution is 7.89. The van der Waals surface area contributed by atoms with Crippen molar-refractivity contribution < 1.29 is 13.5 Å². The standard InChI is InChI=1S/C14H23NO3S/c1-10(2)8-15(5)19(17,18)14-7-13(9-16)11(3)6-12(14)4/h6-7,10,16H,8-9H2,1-5H3. The molecule has 0 bridgehead atoms. The molecule has 0 saturated heterocycles. The Hall–Kier alpha value is -0.910. The molecule has 5 heteroatoms. The second kappa shape index (κ2) is 6.03. The van der Waals surface area contributed by atoms with E-state index in [9.17, 15) is 13.5 Å². The lowest BCUT2D eigenvalue weighted by atomic mass is 10.1. The van der Waals surface area contributed by atoms with Crippen molar-refractivity contribution in [3.05, 3.63) is 28.8 Å². The Morgan fingerprint density at radius 2 is 1.79 bits per heavy atom. The molecule has 0 saturated carbocycles. The zero-order chi connectivity index (χ0) is 14.8. The SMILES string of the molecule is Cc1cc(C)c(S(=O)(=O)N(C)CC(C)C)cc1CO. The molecule has 1 aromatic rings. The predicted octanol–water partition coefficient (Wildman–Crippen LogP) is 2.07. The number of rotatable bonds is 5. The molecule has 0 atom stereocenters. The topological polar surface area (TPSA) is 57.6 Å². The van der Waals surface area contributed by atoms with E-state index >= 15 is 0 Å². The Labute approximate surface area is 116 Å². The maximum absolute atomic E-state index is 12.5. The second-order valence-electron chi connectivity index (χ2n) is 5.38. The molecule has 0 aliphatic rings. The third kappa shape index (κ3) is 3.55. The molecule has 0 aromatic heterocycles. The summed E-state index contributed by atoms with van der Waals surface area (Å²) in [4.78, 5) is 0.283. The first kappa shape index (κ1) is 16.1. The monoisotopic (exact) mass is 285 g/mol. The molecular weight excluding hydrogens is 262 g/mol. The summed E-state index contributed by atoms with van der Waals surface area (Å²) in [5.74, 6) is 0.267. The molecule has 0 aliphatic heterocycles. The average Bonchev–Trinajstić information content (AvgIpc) is 2.27. The Morgan fingerprint density at radius 3 is 2.26 bits per heavy atom. The number of aliphatic hydroxyl groups excluding tert-OH is 1. The molecule has 0 radical (unpaired) electrons. The van der Waals surface area contributed by atoms with Crippen molar-refractivity contribution in [2.75, 3.05) is 13.6 Å². The van der Waals surface area contributed by atoms with Gasteiger partial charge in [-0.05, 0) is 42.5 Å². The molecule has 0 fully saturated rings. The third-order valence-electron chi connectivity index (χ3n) is 3.11. The molecular formula is C14H23NO3S. The smallest absolute Gasteiger partial charge is 0.243 e. The zero-order valence-corrected chi connectivity index (χ0v) is 13.1. The summed E-state index contributed by atoms with van der Waals surface area (Å²) >= 11 is 0. The van der Waals surface area contributed by atoms with E-state index in [0.717, 1.165) is 5.56 Å². The fraction of sp³-hybridized carbons (Fsp3) is 0.571. The van der Waals surface area contributed by atoms with Gasteiger partial charge in [0.05, 0.1) is 11.5 Å². The van der Waals surface area contributed by atoms with Crippen LogP contribution >= 0.6 is 0 Å². The lowest BCUT2D eigenvalue weighted by Crippen LogP contribution is -2.31. The van der Waals surface area contributed by atoms with E-state index in [2.05, 4.69) is 0 Å². The molecule has 0 heterocycles. The molecule has 108 valence electrons. The second-order valence-corrected chi connectivity index (χ2v) is 7.39. The van der Waals surface area contributed by atoms with E-state index in [1.165, 1.54) is 4.31 Å². The van der Waals surface area contributed by atoms with Crippen LogP contribution in [0, 0.1) is 19.8 Å². The van der Waals surface area contributed by atoms with Gasteiger partial charge in [-0.2, -0.15) is 0 Å². The van der Waals surface area contributed by atoms with Crippen molar-refractivity contribution in [2.45, 2.75) is 39.2 Å². The minimum Gasteiger partial charge on any atom is -0.392 e. The van der Waals surface area contributed by atoms with Gasteiger partial charge < -0.3 is 5.11 Å². The van der Waals surface area contributed by atoms with Crippen LogP contribution in [0.25, 0.3) is 0 Å². The highest BCUT2D eigenvalue weighted by Crippen LogP contribution is 2.23. The van der Waals surface area contributed by atoms with Crippen molar-refractivity contribution in [1.82, 2.24) is 4.31 Å². The Balaban J connectivity index is 3.28. The first-order chi connectivity index (χ1) is 8.70. The normalized spacial score (nSPS) is 12.4. The van der Waals surface area contributed by atoms with Crippen molar-refractivity contribution in [3.8, 4) is 0 Å². The first-order valence-corrected chi connectivity index (χ1v) is 7.81. The fourth-order valence-corrected chi connectivity index (χ4v) is 3.69. The van der Waals surface area contributed by atoms with Gasteiger partial charge in [0.1, 0.15) is 0 Å². The van der Waals surface area contributed by atoms with Crippen molar-refractivity contribution in [3.63, 3.8) is 0 Å². The number of nitrogens with zero attached hydrogens (tertiary/aromatic N) is 1. The summed E-state index contributed by atoms with van der Waals surface area (Å²) in [6.07, 6.45) is 0. The van der Waals surface area contributed by atoms with Crippen LogP contribution < -0.4 is 0 Å². The van der Waals surface area contributed by atoms with Crippen LogP contribution in [0.3, 0.4) is 0 Å². The lowest BCUT2D eigenvalue weighted by Gasteiger charge is -2.21. The molecule has 0 amide bonds. The Kier molecular flexibility index (Phi) is 5.12. The van der Waals surface area contributed by atoms with Crippen LogP contribution in [-0.4, -0.2) is 31.4 Å². The van der Waals surface area contributed by atoms with Gasteiger partial charge in [-0.15, -0.1) is 0 Å². The molecule has 1 N–H and O–H groups in total. The van der Waals surface area contributed by atoms with E-state index in [-0.39, 0.29) is 17.4 Å². The van der Waals surface area contributed by atoms with E-state index in [4.69, 9.17) is 0 Å². The summed E-state index contributed by atoms with van der Waals surface area (Å²) in [6.45, 7) is 7.93. The van der Waals surface area contributed by atoms with Crippen molar-refractivity contribution in [1.29, 1.82) is 0 Å². The molecule has 19 heavy (non-hydrogen) atoms. The summed E-state index contributed by atoms with van der Waals surface area (Å²) in [7, 11) is -1.90. The van der Waals surface area contributed by atoms with E-state index in [1.54, 1.807) is 20.0 Å². The van der Waals surface area contributed by atoms with Crippen molar-refractivity contribution >= 4 is 10.0 Å². The average molecular weight is 285 g/mol. The van der Waals surface area contributed by atoms with Crippen LogP contribution in [0.2, 0.25) is 0 Å². The predicted molar refractivity (Wildman–Crippen MR) is 76.5 cm³/mol. The Morgan fingerprint density at radius 1 is 1.21 bits per heavy atom. The fourth-order valence-electron chi connectivity index (χ4n) is 2.10. The van der Waals surface area contributed by atoms with Gasteiger partial charge in [-0.1, -0.05) is 19.9 Å². The molecule has 0 spiro atoms. The van der Waals surface area contributed by atoms with Gasteiger partial charge in [0, 0.05) is 13.6 Å². The number of aryl methyl sites for hydroxylation is 2. The van der Waals surface area contributed by atoms with Gasteiger partial charge in [-0.3, -0.25) is 0 Å². The highest BCUT2D eigenvalue weighted by atomic mass is 32.2. The van der Waals surface area contributed by atoms with Crippen LogP contribution in [0.4, 0.5) is 0 Å². The van der Waals surface area contributed by atoms with Gasteiger partial charge >= 0.3 is 0 Å². The molecule has 1 aromatic carbocycles. The maximum atomic E-state index is 12.5. The molecule has 1 rings (SSSR count). The lowest BCUT2D eigenvalue weighted by molar-refractivity contribution is 0.280. The summed E-state index contributed by atoms with van der Waals surface area (Å²) in [5.41, 5.74) is 2.28. The molecule has 0 aliphatic carbocycles. The van der Waals surface area contributed by atoms with Crippen LogP contribution in [0.1, 0.15) is 30.5 Å². The molecule has 0 unspecified atom stereocenters. The van der Waals surface area contributed by atoms with Crippen molar-refractivity contribution in [2.24, 2.45) is 5.92 Å². The first-order valence-electron chi connectivity index (χ1n) is 6.37. The minimum atomic E-state index is -3.49. The summed E-state index contributed by atoms with van der Waals surface area (Å²) in [6, 6.07) is 3.39. The minimum absolute atomic E-state index is 0.150. The van der Waals surface area contributed by atoms with Gasteiger partial charge in [0.25, 0.3) is 0 Å². The number of aliphatic hydroxyl groups is 1. The summed E-state index contributed by atoms with van der Waals surface area (Å²) < 4.78 is 26.4. The van der Waals surface area contributed by atoms with Crippen LogP contribution in [0.15, 0.2) is 17.0 Å². The largest absolute Gasteiger partial charge is 0.392 e. The van der Waals surface area contributed by atoms with E-state index in [1.807, 2.05) is 26.8 Å². The number of hydrogen-bond acceptors (Lipinski definition) is 3. The highest BCUT2D eigenvalue weighted by Gasteiger charge is 2.24. The number of benzene rings is 1. The number of sulfonamides is 1. The van der Waals surface area contributed by atoms with Gasteiger partial charge in [0.15, 0.2) is 0 Å². The van der Waals surface area contributed by atoms with Crippen LogP contribution in [0.5, 0.6) is 0 Å². The quantitative estimate of drug-likeness (QED) is 0.901. The third-order valence-corrected chi connectivity index (χ3v) is 5.08. The maximum Gasteiger partial charge on any atom is 0.243 e. The van der Waals surface area contributed by atoms with E-state index in [0.29, 0.717) is 17.7 Å². The summed E-state index contributed by atoms with van der Waals surface area (Å²) in [5, 5.41) is 9.28. The van der Waals surface area contributed by atoms with Gasteiger partial charge in [0.2, 0.25) is 10.0 Å². The Bertz CT molecular complexity index is 550. The van der Waals surface area contributed by atoms with Gasteiger partial charge in [-0.25, -0.2) is 12.7 Å². The van der Waals surface area contributed by atoms with Crippen LogP contribution in [-0.2, 0) is 16.6 Å². The van der Waals surface area contributed by atoms with E-state index < -0.39 is 10.0 Å². The molecule has 4 nitrogen and oxygen atoms in total. The zero-order valence-electron chi connectivity index (χ0n) is 12.3.